The molecule has 0 aromatic carbocycles. The molecule has 116 valence electrons. The molecule has 1 aliphatic rings. The van der Waals surface area contributed by atoms with E-state index in [0.29, 0.717) is 5.65 Å². The van der Waals surface area contributed by atoms with E-state index in [0.717, 1.165) is 21.1 Å². The van der Waals surface area contributed by atoms with Crippen LogP contribution < -0.4 is 5.46 Å². The zero-order chi connectivity index (χ0) is 16.3. The number of carbonyl (C=O) groups is 1. The maximum atomic E-state index is 11.3. The quantitative estimate of drug-likeness (QED) is 0.817. The molecule has 1 fully saturated rings. The summed E-state index contributed by atoms with van der Waals surface area (Å²) in [6.07, 6.45) is 0.432. The van der Waals surface area contributed by atoms with Crippen molar-refractivity contribution < 1.29 is 19.2 Å². The van der Waals surface area contributed by atoms with E-state index < -0.39 is 24.4 Å². The molecule has 3 heterocycles. The summed E-state index contributed by atoms with van der Waals surface area (Å²) in [5.41, 5.74) is 1.03. The number of hydrogen-bond donors (Lipinski definition) is 1. The first kappa shape index (κ1) is 15.1. The maximum Gasteiger partial charge on any atom is 0.495 e. The lowest BCUT2D eigenvalue weighted by molar-refractivity contribution is 0.00578. The zero-order valence-corrected chi connectivity index (χ0v) is 13.4. The van der Waals surface area contributed by atoms with Gasteiger partial charge in [-0.15, -0.1) is 0 Å². The van der Waals surface area contributed by atoms with Gasteiger partial charge >= 0.3 is 13.2 Å². The molecule has 1 aliphatic heterocycles. The number of pyridine rings is 1. The number of hydrogen-bond acceptors (Lipinski definition) is 4. The van der Waals surface area contributed by atoms with Gasteiger partial charge in [-0.3, -0.25) is 0 Å². The fourth-order valence-corrected chi connectivity index (χ4v) is 2.58. The minimum absolute atomic E-state index is 0.400. The normalized spacial score (nSPS) is 19.8. The molecule has 0 aliphatic carbocycles. The van der Waals surface area contributed by atoms with Gasteiger partial charge < -0.3 is 14.4 Å². The summed E-state index contributed by atoms with van der Waals surface area (Å²) in [5.74, 6) is 0. The molecule has 0 spiro atoms. The third kappa shape index (κ3) is 2.12. The molecule has 1 N–H and O–H groups in total. The Morgan fingerprint density at radius 3 is 2.41 bits per heavy atom. The van der Waals surface area contributed by atoms with Crippen molar-refractivity contribution in [1.82, 2.24) is 9.55 Å². The molecule has 0 atom stereocenters. The second-order valence-electron chi connectivity index (χ2n) is 6.65. The summed E-state index contributed by atoms with van der Waals surface area (Å²) in [6.45, 7) is 9.77. The van der Waals surface area contributed by atoms with Crippen molar-refractivity contribution in [3.05, 3.63) is 24.0 Å². The number of nitrogens with zero attached hydrogens (tertiary/aromatic N) is 2. The first-order valence-electron chi connectivity index (χ1n) is 7.20. The second kappa shape index (κ2) is 4.57. The SMILES string of the molecule is Cc1cc(B2OC(C)(C)C(C)(C)O2)c2ccn(C(=O)O)c2n1. The van der Waals surface area contributed by atoms with Crippen LogP contribution in [0, 0.1) is 6.92 Å². The number of aromatic nitrogens is 2. The summed E-state index contributed by atoms with van der Waals surface area (Å²) in [4.78, 5) is 15.6. The van der Waals surface area contributed by atoms with Crippen LogP contribution in [0.2, 0.25) is 0 Å². The summed E-state index contributed by atoms with van der Waals surface area (Å²) < 4.78 is 13.3. The Hall–Kier alpha value is -1.86. The van der Waals surface area contributed by atoms with Crippen LogP contribution in [-0.2, 0) is 9.31 Å². The van der Waals surface area contributed by atoms with Gasteiger partial charge in [-0.1, -0.05) is 0 Å². The van der Waals surface area contributed by atoms with Crippen molar-refractivity contribution in [2.45, 2.75) is 45.8 Å². The predicted octanol–water partition coefficient (Wildman–Crippen LogP) is 2.17. The van der Waals surface area contributed by atoms with E-state index in [9.17, 15) is 9.90 Å². The predicted molar refractivity (Wildman–Crippen MR) is 83.6 cm³/mol. The minimum atomic E-state index is -1.06. The number of fused-ring (bicyclic) bond motifs is 1. The molecule has 0 saturated carbocycles. The number of carboxylic acid groups (broad SMARTS) is 1. The minimum Gasteiger partial charge on any atom is -0.464 e. The smallest absolute Gasteiger partial charge is 0.464 e. The van der Waals surface area contributed by atoms with Gasteiger partial charge in [-0.05, 0) is 52.2 Å². The largest absolute Gasteiger partial charge is 0.495 e. The summed E-state index contributed by atoms with van der Waals surface area (Å²) >= 11 is 0. The Balaban J connectivity index is 2.15. The topological polar surface area (TPSA) is 73.6 Å². The Labute approximate surface area is 129 Å². The molecule has 0 radical (unpaired) electrons. The molecule has 7 heteroatoms. The van der Waals surface area contributed by atoms with E-state index in [1.165, 1.54) is 6.20 Å². The van der Waals surface area contributed by atoms with Crippen molar-refractivity contribution >= 4 is 29.7 Å². The van der Waals surface area contributed by atoms with E-state index in [1.54, 1.807) is 6.07 Å². The first-order valence-corrected chi connectivity index (χ1v) is 7.20. The molecule has 3 rings (SSSR count). The average molecular weight is 302 g/mol. The molecule has 6 nitrogen and oxygen atoms in total. The maximum absolute atomic E-state index is 11.3. The van der Waals surface area contributed by atoms with Crippen LogP contribution >= 0.6 is 0 Å². The van der Waals surface area contributed by atoms with Crippen LogP contribution in [0.4, 0.5) is 4.79 Å². The second-order valence-corrected chi connectivity index (χ2v) is 6.65. The van der Waals surface area contributed by atoms with Gasteiger partial charge in [0.25, 0.3) is 0 Å². The van der Waals surface area contributed by atoms with Crippen LogP contribution in [-0.4, -0.2) is 39.1 Å². The van der Waals surface area contributed by atoms with Crippen LogP contribution in [0.5, 0.6) is 0 Å². The van der Waals surface area contributed by atoms with Crippen molar-refractivity contribution in [1.29, 1.82) is 0 Å². The van der Waals surface area contributed by atoms with Crippen LogP contribution in [0.15, 0.2) is 18.3 Å². The molecule has 0 bridgehead atoms. The molecule has 22 heavy (non-hydrogen) atoms. The Morgan fingerprint density at radius 1 is 1.27 bits per heavy atom. The fourth-order valence-electron chi connectivity index (χ4n) is 2.58. The highest BCUT2D eigenvalue weighted by Gasteiger charge is 2.52. The molecular weight excluding hydrogens is 283 g/mol. The standard InChI is InChI=1S/C15H19BN2O4/c1-9-8-11(16-21-14(2,3)15(4,5)22-16)10-6-7-18(13(19)20)12(10)17-9/h6-8H,1-5H3,(H,19,20). The van der Waals surface area contributed by atoms with Crippen LogP contribution in [0.3, 0.4) is 0 Å². The fraction of sp³-hybridized carbons (Fsp3) is 0.467. The summed E-state index contributed by atoms with van der Waals surface area (Å²) in [7, 11) is -0.543. The van der Waals surface area contributed by atoms with Gasteiger partial charge in [0.05, 0.1) is 11.2 Å². The van der Waals surface area contributed by atoms with Gasteiger partial charge in [0.2, 0.25) is 0 Å². The average Bonchev–Trinajstić information content (AvgIpc) is 2.87. The number of rotatable bonds is 1. The highest BCUT2D eigenvalue weighted by molar-refractivity contribution is 6.65. The van der Waals surface area contributed by atoms with E-state index >= 15 is 0 Å². The molecule has 0 unspecified atom stereocenters. The van der Waals surface area contributed by atoms with E-state index in [2.05, 4.69) is 4.98 Å². The Bertz CT molecular complexity index is 750. The molecule has 0 amide bonds. The van der Waals surface area contributed by atoms with E-state index in [4.69, 9.17) is 9.31 Å². The highest BCUT2D eigenvalue weighted by atomic mass is 16.7. The summed E-state index contributed by atoms with van der Waals surface area (Å²) in [6, 6.07) is 3.62. The molecular formula is C15H19BN2O4. The van der Waals surface area contributed by atoms with Crippen molar-refractivity contribution in [2.24, 2.45) is 0 Å². The highest BCUT2D eigenvalue weighted by Crippen LogP contribution is 2.37. The lowest BCUT2D eigenvalue weighted by Crippen LogP contribution is -2.41. The number of aryl methyl sites for hydroxylation is 1. The lowest BCUT2D eigenvalue weighted by atomic mass is 9.77. The van der Waals surface area contributed by atoms with Crippen LogP contribution in [0.25, 0.3) is 11.0 Å². The zero-order valence-electron chi connectivity index (χ0n) is 13.4. The lowest BCUT2D eigenvalue weighted by Gasteiger charge is -2.32. The monoisotopic (exact) mass is 302 g/mol. The Kier molecular flexibility index (Phi) is 3.13. The third-order valence-corrected chi connectivity index (χ3v) is 4.53. The molecule has 2 aromatic heterocycles. The van der Waals surface area contributed by atoms with Crippen molar-refractivity contribution in [3.63, 3.8) is 0 Å². The van der Waals surface area contributed by atoms with Gasteiger partial charge in [0.15, 0.2) is 0 Å². The van der Waals surface area contributed by atoms with E-state index in [1.807, 2.05) is 40.7 Å². The van der Waals surface area contributed by atoms with Crippen molar-refractivity contribution in [2.75, 3.05) is 0 Å². The Morgan fingerprint density at radius 2 is 1.86 bits per heavy atom. The van der Waals surface area contributed by atoms with Gasteiger partial charge in [0, 0.05) is 17.3 Å². The van der Waals surface area contributed by atoms with E-state index in [-0.39, 0.29) is 0 Å². The van der Waals surface area contributed by atoms with Gasteiger partial charge in [-0.2, -0.15) is 0 Å². The van der Waals surface area contributed by atoms with Gasteiger partial charge in [-0.25, -0.2) is 14.3 Å². The van der Waals surface area contributed by atoms with Gasteiger partial charge in [0.1, 0.15) is 5.65 Å². The van der Waals surface area contributed by atoms with Crippen molar-refractivity contribution in [3.8, 4) is 0 Å². The van der Waals surface area contributed by atoms with Crippen LogP contribution in [0.1, 0.15) is 33.4 Å². The first-order chi connectivity index (χ1) is 10.1. The molecule has 2 aromatic rings. The summed E-state index contributed by atoms with van der Waals surface area (Å²) in [5, 5.41) is 9.97. The third-order valence-electron chi connectivity index (χ3n) is 4.53. The molecule has 1 saturated heterocycles.